The Hall–Kier alpha value is -0.530. The normalized spacial score (nSPS) is 8.00. The van der Waals surface area contributed by atoms with E-state index in [0.29, 0.717) is 6.61 Å². The van der Waals surface area contributed by atoms with E-state index in [2.05, 4.69) is 18.6 Å². The number of unbranched alkanes of at least 4 members (excludes halogenated alkanes) is 1. The number of rotatable bonds is 3. The summed E-state index contributed by atoms with van der Waals surface area (Å²) in [6, 6.07) is 0. The Kier molecular flexibility index (Phi) is 14.5. The van der Waals surface area contributed by atoms with Crippen LogP contribution in [-0.4, -0.2) is 12.6 Å². The molecule has 0 unspecified atom stereocenters. The van der Waals surface area contributed by atoms with Gasteiger partial charge in [0, 0.05) is 6.92 Å². The van der Waals surface area contributed by atoms with Crippen LogP contribution in [0.15, 0.2) is 0 Å². The highest BCUT2D eigenvalue weighted by Crippen LogP contribution is 1.86. The lowest BCUT2D eigenvalue weighted by atomic mass is 10.4. The molecule has 0 aromatic carbocycles. The van der Waals surface area contributed by atoms with Crippen molar-refractivity contribution in [2.45, 2.75) is 40.0 Å². The first-order valence-corrected chi connectivity index (χ1v) is 4.11. The molecule has 0 heterocycles. The molecule has 2 heteroatoms. The van der Waals surface area contributed by atoms with Crippen molar-refractivity contribution in [3.8, 4) is 0 Å². The summed E-state index contributed by atoms with van der Waals surface area (Å²) in [5.74, 6) is -0.182. The van der Waals surface area contributed by atoms with Crippen LogP contribution < -0.4 is 0 Å². The van der Waals surface area contributed by atoms with Crippen molar-refractivity contribution in [1.82, 2.24) is 0 Å². The lowest BCUT2D eigenvalue weighted by Gasteiger charge is -1.96. The summed E-state index contributed by atoms with van der Waals surface area (Å²) < 4.78 is 4.64. The molecule has 1 radical (unpaired) electrons. The summed E-state index contributed by atoms with van der Waals surface area (Å²) in [4.78, 5) is 10.1. The molecule has 0 amide bonds. The third-order valence-corrected chi connectivity index (χ3v) is 0.803. The molecule has 11 heavy (non-hydrogen) atoms. The molecule has 67 valence electrons. The van der Waals surface area contributed by atoms with Crippen LogP contribution >= 0.6 is 0 Å². The van der Waals surface area contributed by atoms with E-state index >= 15 is 0 Å². The standard InChI is InChI=1S/C6H12O2.C3H7/c1-3-4-5-8-6(2)7;1-3-2/h3-5H2,1-2H3;1,3H2,2H3. The molecule has 0 aliphatic carbocycles. The number of carbonyl (C=O) groups excluding carboxylic acids is 1. The minimum absolute atomic E-state index is 0.182. The zero-order chi connectivity index (χ0) is 9.11. The molecule has 2 nitrogen and oxygen atoms in total. The van der Waals surface area contributed by atoms with E-state index in [-0.39, 0.29) is 5.97 Å². The Morgan fingerprint density at radius 3 is 2.18 bits per heavy atom. The van der Waals surface area contributed by atoms with Crippen molar-refractivity contribution in [2.75, 3.05) is 6.61 Å². The van der Waals surface area contributed by atoms with E-state index < -0.39 is 0 Å². The van der Waals surface area contributed by atoms with E-state index in [1.807, 2.05) is 6.92 Å². The first kappa shape index (κ1) is 13.1. The van der Waals surface area contributed by atoms with Crippen LogP contribution in [-0.2, 0) is 9.53 Å². The smallest absolute Gasteiger partial charge is 0.302 e. The zero-order valence-electron chi connectivity index (χ0n) is 7.85. The van der Waals surface area contributed by atoms with Crippen molar-refractivity contribution in [2.24, 2.45) is 0 Å². The predicted molar refractivity (Wildman–Crippen MR) is 47.2 cm³/mol. The van der Waals surface area contributed by atoms with Gasteiger partial charge in [0.2, 0.25) is 0 Å². The van der Waals surface area contributed by atoms with Crippen LogP contribution in [0.2, 0.25) is 0 Å². The number of esters is 1. The zero-order valence-corrected chi connectivity index (χ0v) is 7.85. The minimum Gasteiger partial charge on any atom is -0.466 e. The van der Waals surface area contributed by atoms with Gasteiger partial charge in [-0.1, -0.05) is 33.6 Å². The van der Waals surface area contributed by atoms with Crippen LogP contribution in [0.4, 0.5) is 0 Å². The third-order valence-electron chi connectivity index (χ3n) is 0.803. The Balaban J connectivity index is 0. The molecule has 0 saturated heterocycles. The molecule has 0 aliphatic heterocycles. The fourth-order valence-electron chi connectivity index (χ4n) is 0.360. The second-order valence-electron chi connectivity index (χ2n) is 2.19. The molecule has 0 bridgehead atoms. The van der Waals surface area contributed by atoms with Gasteiger partial charge in [-0.05, 0) is 6.42 Å². The highest BCUT2D eigenvalue weighted by atomic mass is 16.5. The summed E-state index contributed by atoms with van der Waals surface area (Å²) in [5, 5.41) is 0. The van der Waals surface area contributed by atoms with Gasteiger partial charge < -0.3 is 4.74 Å². The van der Waals surface area contributed by atoms with Gasteiger partial charge in [0.05, 0.1) is 6.61 Å². The van der Waals surface area contributed by atoms with E-state index in [0.717, 1.165) is 19.3 Å². The largest absolute Gasteiger partial charge is 0.466 e. The molecule has 0 rings (SSSR count). The molecule has 0 fully saturated rings. The van der Waals surface area contributed by atoms with Gasteiger partial charge >= 0.3 is 5.97 Å². The molecule has 0 atom stereocenters. The predicted octanol–water partition coefficient (Wildman–Crippen LogP) is 2.58. The molecular weight excluding hydrogens is 140 g/mol. The highest BCUT2D eigenvalue weighted by molar-refractivity contribution is 5.65. The van der Waals surface area contributed by atoms with Crippen molar-refractivity contribution in [1.29, 1.82) is 0 Å². The van der Waals surface area contributed by atoms with E-state index in [1.54, 1.807) is 0 Å². The average molecular weight is 159 g/mol. The number of ether oxygens (including phenoxy) is 1. The topological polar surface area (TPSA) is 26.3 Å². The molecule has 0 aromatic rings. The average Bonchev–Trinajstić information content (AvgIpc) is 1.89. The monoisotopic (exact) mass is 159 g/mol. The van der Waals surface area contributed by atoms with Gasteiger partial charge in [-0.25, -0.2) is 0 Å². The van der Waals surface area contributed by atoms with Crippen molar-refractivity contribution in [3.05, 3.63) is 6.92 Å². The summed E-state index contributed by atoms with van der Waals surface area (Å²) in [6.45, 7) is 9.56. The van der Waals surface area contributed by atoms with E-state index in [1.165, 1.54) is 6.92 Å². The lowest BCUT2D eigenvalue weighted by molar-refractivity contribution is -0.141. The van der Waals surface area contributed by atoms with Gasteiger partial charge in [-0.15, -0.1) is 0 Å². The first-order valence-electron chi connectivity index (χ1n) is 4.11. The summed E-state index contributed by atoms with van der Waals surface area (Å²) in [7, 11) is 0. The van der Waals surface area contributed by atoms with Gasteiger partial charge in [-0.3, -0.25) is 4.79 Å². The molecule has 0 saturated carbocycles. The van der Waals surface area contributed by atoms with Crippen molar-refractivity contribution in [3.63, 3.8) is 0 Å². The van der Waals surface area contributed by atoms with Crippen LogP contribution in [0, 0.1) is 6.92 Å². The van der Waals surface area contributed by atoms with E-state index in [9.17, 15) is 4.79 Å². The maximum absolute atomic E-state index is 10.1. The number of carbonyl (C=O) groups is 1. The third kappa shape index (κ3) is 26.4. The number of hydrogen-bond donors (Lipinski definition) is 0. The second kappa shape index (κ2) is 12.2. The Morgan fingerprint density at radius 2 is 1.91 bits per heavy atom. The van der Waals surface area contributed by atoms with Crippen LogP contribution in [0.25, 0.3) is 0 Å². The SMILES string of the molecule is CCCCOC(C)=O.[CH2]CC. The van der Waals surface area contributed by atoms with Crippen LogP contribution in [0.3, 0.4) is 0 Å². The second-order valence-corrected chi connectivity index (χ2v) is 2.19. The van der Waals surface area contributed by atoms with Crippen LogP contribution in [0.1, 0.15) is 40.0 Å². The molecule has 0 aliphatic rings. The number of hydrogen-bond acceptors (Lipinski definition) is 2. The Morgan fingerprint density at radius 1 is 1.45 bits per heavy atom. The van der Waals surface area contributed by atoms with Gasteiger partial charge in [0.1, 0.15) is 0 Å². The maximum atomic E-state index is 10.1. The van der Waals surface area contributed by atoms with Gasteiger partial charge in [0.25, 0.3) is 0 Å². The Bertz CT molecular complexity index is 79.6. The lowest BCUT2D eigenvalue weighted by Crippen LogP contribution is -1.99. The molecule has 0 aromatic heterocycles. The van der Waals surface area contributed by atoms with Crippen LogP contribution in [0.5, 0.6) is 0 Å². The maximum Gasteiger partial charge on any atom is 0.302 e. The molecule has 0 N–H and O–H groups in total. The fraction of sp³-hybridized carbons (Fsp3) is 0.778. The fourth-order valence-corrected chi connectivity index (χ4v) is 0.360. The Labute approximate surface area is 69.9 Å². The molecular formula is C9H19O2. The van der Waals surface area contributed by atoms with Gasteiger partial charge in [0.15, 0.2) is 0 Å². The summed E-state index contributed by atoms with van der Waals surface area (Å²) in [6.07, 6.45) is 3.05. The van der Waals surface area contributed by atoms with Crippen molar-refractivity contribution >= 4 is 5.97 Å². The highest BCUT2D eigenvalue weighted by Gasteiger charge is 1.88. The summed E-state index contributed by atoms with van der Waals surface area (Å²) >= 11 is 0. The minimum atomic E-state index is -0.182. The van der Waals surface area contributed by atoms with Crippen molar-refractivity contribution < 1.29 is 9.53 Å². The molecule has 0 spiro atoms. The quantitative estimate of drug-likeness (QED) is 0.467. The first-order chi connectivity index (χ1) is 5.18. The summed E-state index contributed by atoms with van der Waals surface area (Å²) in [5.41, 5.74) is 0. The van der Waals surface area contributed by atoms with Gasteiger partial charge in [-0.2, -0.15) is 0 Å². The van der Waals surface area contributed by atoms with E-state index in [4.69, 9.17) is 0 Å².